The Morgan fingerprint density at radius 3 is 2.44 bits per heavy atom. The summed E-state index contributed by atoms with van der Waals surface area (Å²) in [6.45, 7) is -0.365. The van der Waals surface area contributed by atoms with Crippen LogP contribution in [0.5, 0.6) is 11.5 Å². The molecule has 0 aliphatic carbocycles. The van der Waals surface area contributed by atoms with E-state index in [2.05, 4.69) is 4.84 Å². The third-order valence-corrected chi connectivity index (χ3v) is 3.13. The van der Waals surface area contributed by atoms with Crippen LogP contribution in [0.1, 0.15) is 15.9 Å². The monoisotopic (exact) mass is 366 g/mol. The van der Waals surface area contributed by atoms with Crippen LogP contribution in [0.25, 0.3) is 0 Å². The number of hydrogen-bond donors (Lipinski definition) is 2. The first kappa shape index (κ1) is 20.5. The van der Waals surface area contributed by atoms with Gasteiger partial charge in [-0.1, -0.05) is 0 Å². The van der Waals surface area contributed by atoms with Crippen molar-refractivity contribution in [3.63, 3.8) is 0 Å². The van der Waals surface area contributed by atoms with E-state index in [0.717, 1.165) is 14.2 Å². The van der Waals surface area contributed by atoms with E-state index < -0.39 is 40.4 Å². The van der Waals surface area contributed by atoms with Crippen molar-refractivity contribution in [3.8, 4) is 11.5 Å². The van der Waals surface area contributed by atoms with Crippen molar-refractivity contribution >= 4 is 18.0 Å². The quantitative estimate of drug-likeness (QED) is 0.410. The van der Waals surface area contributed by atoms with Gasteiger partial charge >= 0.3 is 6.18 Å². The molecular formula is C14H17F3N2O6. The third-order valence-electron chi connectivity index (χ3n) is 3.13. The molecule has 2 amide bonds. The fraction of sp³-hybridized carbons (Fsp3) is 0.429. The van der Waals surface area contributed by atoms with Gasteiger partial charge in [0.15, 0.2) is 11.5 Å². The van der Waals surface area contributed by atoms with Gasteiger partial charge in [-0.25, -0.2) is 0 Å². The number of benzene rings is 1. The van der Waals surface area contributed by atoms with Crippen LogP contribution in [0.15, 0.2) is 6.07 Å². The Hall–Kier alpha value is -2.53. The molecule has 8 nitrogen and oxygen atoms in total. The van der Waals surface area contributed by atoms with E-state index >= 15 is 0 Å². The summed E-state index contributed by atoms with van der Waals surface area (Å²) in [5, 5.41) is 10.1. The van der Waals surface area contributed by atoms with Crippen LogP contribution >= 0.6 is 0 Å². The van der Waals surface area contributed by atoms with Crippen LogP contribution in [0.2, 0.25) is 0 Å². The van der Waals surface area contributed by atoms with E-state index in [0.29, 0.717) is 11.0 Å². The molecule has 2 N–H and O–H groups in total. The van der Waals surface area contributed by atoms with Gasteiger partial charge in [-0.2, -0.15) is 13.2 Å². The highest BCUT2D eigenvalue weighted by Gasteiger charge is 2.40. The molecule has 0 aliphatic heterocycles. The van der Waals surface area contributed by atoms with Crippen molar-refractivity contribution < 1.29 is 42.2 Å². The Morgan fingerprint density at radius 2 is 2.00 bits per heavy atom. The maximum Gasteiger partial charge on any atom is 0.417 e. The number of nitrogens with one attached hydrogen (secondary N) is 1. The highest BCUT2D eigenvalue weighted by molar-refractivity contribution is 6.06. The summed E-state index contributed by atoms with van der Waals surface area (Å²) in [5.41, 5.74) is -1.05. The summed E-state index contributed by atoms with van der Waals surface area (Å²) in [7, 11) is 3.41. The molecule has 0 bridgehead atoms. The lowest BCUT2D eigenvalue weighted by molar-refractivity contribution is -0.138. The number of halogens is 3. The molecule has 1 aromatic rings. The van der Waals surface area contributed by atoms with E-state index in [1.54, 1.807) is 0 Å². The van der Waals surface area contributed by atoms with Gasteiger partial charge in [0.05, 0.1) is 38.5 Å². The third kappa shape index (κ3) is 4.51. The maximum atomic E-state index is 13.4. The lowest BCUT2D eigenvalue weighted by atomic mass is 10.0. The molecule has 0 fully saturated rings. The summed E-state index contributed by atoms with van der Waals surface area (Å²) in [6, 6.07) is 0.461. The Morgan fingerprint density at radius 1 is 1.36 bits per heavy atom. The largest absolute Gasteiger partial charge is 0.503 e. The van der Waals surface area contributed by atoms with Crippen molar-refractivity contribution in [1.82, 2.24) is 4.90 Å². The molecule has 0 spiro atoms. The summed E-state index contributed by atoms with van der Waals surface area (Å²) >= 11 is 0. The average molecular weight is 366 g/mol. The van der Waals surface area contributed by atoms with Crippen LogP contribution in [0.4, 0.5) is 18.9 Å². The zero-order valence-electron chi connectivity index (χ0n) is 13.6. The Kier molecular flexibility index (Phi) is 7.00. The molecule has 0 unspecified atom stereocenters. The topological polar surface area (TPSA) is 97.3 Å². The predicted octanol–water partition coefficient (Wildman–Crippen LogP) is 1.64. The van der Waals surface area contributed by atoms with E-state index in [1.807, 2.05) is 5.48 Å². The van der Waals surface area contributed by atoms with Crippen molar-refractivity contribution in [3.05, 3.63) is 17.2 Å². The molecule has 0 saturated heterocycles. The fourth-order valence-electron chi connectivity index (χ4n) is 1.99. The minimum absolute atomic E-state index is 0.0688. The molecule has 25 heavy (non-hydrogen) atoms. The zero-order chi connectivity index (χ0) is 19.2. The molecule has 0 heterocycles. The second-order valence-electron chi connectivity index (χ2n) is 4.63. The predicted molar refractivity (Wildman–Crippen MR) is 79.3 cm³/mol. The van der Waals surface area contributed by atoms with Crippen LogP contribution in [0, 0.1) is 0 Å². The average Bonchev–Trinajstić information content (AvgIpc) is 2.56. The molecule has 0 aliphatic rings. The molecular weight excluding hydrogens is 349 g/mol. The number of imide groups is 1. The fourth-order valence-corrected chi connectivity index (χ4v) is 1.99. The van der Waals surface area contributed by atoms with Gasteiger partial charge in [0.25, 0.3) is 5.91 Å². The molecule has 11 heteroatoms. The summed E-state index contributed by atoms with van der Waals surface area (Å²) in [5.74, 6) is -2.60. The number of anilines is 1. The number of phenolic OH excluding ortho intramolecular Hbond substituents is 1. The van der Waals surface area contributed by atoms with Gasteiger partial charge in [0, 0.05) is 7.11 Å². The van der Waals surface area contributed by atoms with E-state index in [4.69, 9.17) is 9.47 Å². The number of nitrogens with zero attached hydrogens (tertiary/aromatic N) is 1. The van der Waals surface area contributed by atoms with Crippen molar-refractivity contribution in [1.29, 1.82) is 0 Å². The summed E-state index contributed by atoms with van der Waals surface area (Å²) in [6.07, 6.45) is -4.90. The first-order chi connectivity index (χ1) is 11.7. The van der Waals surface area contributed by atoms with Crippen molar-refractivity contribution in [2.45, 2.75) is 6.18 Å². The Balaban J connectivity index is 3.65. The first-order valence-corrected chi connectivity index (χ1v) is 6.78. The number of carbonyl (C=O) groups excluding carboxylic acids is 2. The number of hydrogen-bond acceptors (Lipinski definition) is 7. The molecule has 0 saturated carbocycles. The van der Waals surface area contributed by atoms with E-state index in [1.165, 1.54) is 7.11 Å². The first-order valence-electron chi connectivity index (χ1n) is 6.78. The van der Waals surface area contributed by atoms with Crippen LogP contribution in [-0.2, 0) is 20.5 Å². The smallest absolute Gasteiger partial charge is 0.417 e. The van der Waals surface area contributed by atoms with Crippen molar-refractivity contribution in [2.24, 2.45) is 0 Å². The molecule has 140 valence electrons. The number of amides is 2. The van der Waals surface area contributed by atoms with Gasteiger partial charge in [0.1, 0.15) is 5.69 Å². The Labute approximate surface area is 141 Å². The Bertz CT molecular complexity index is 636. The molecule has 0 atom stereocenters. The summed E-state index contributed by atoms with van der Waals surface area (Å²) in [4.78, 5) is 28.6. The SMILES string of the molecule is COCCN(C=O)C(=O)c1c(C(F)(F)F)cc(OC)c(O)c1NOC. The van der Waals surface area contributed by atoms with Gasteiger partial charge in [-0.05, 0) is 6.07 Å². The molecule has 1 rings (SSSR count). The molecule has 0 radical (unpaired) electrons. The van der Waals surface area contributed by atoms with Crippen LogP contribution in [-0.4, -0.2) is 56.8 Å². The van der Waals surface area contributed by atoms with Gasteiger partial charge < -0.3 is 14.6 Å². The lowest BCUT2D eigenvalue weighted by Crippen LogP contribution is -2.34. The normalized spacial score (nSPS) is 11.1. The number of ether oxygens (including phenoxy) is 2. The number of rotatable bonds is 8. The number of carbonyl (C=O) groups is 2. The summed E-state index contributed by atoms with van der Waals surface area (Å²) < 4.78 is 49.6. The van der Waals surface area contributed by atoms with Crippen LogP contribution in [0.3, 0.4) is 0 Å². The number of aromatic hydroxyl groups is 1. The molecule has 1 aromatic carbocycles. The number of methoxy groups -OCH3 is 2. The lowest BCUT2D eigenvalue weighted by Gasteiger charge is -2.22. The standard InChI is InChI=1S/C14H17F3N2O6/c1-23-5-4-19(7-20)13(22)10-8(14(15,16)17)6-9(24-2)12(21)11(10)18-25-3/h6-7,18,21H,4-5H2,1-3H3. The van der Waals surface area contributed by atoms with Crippen LogP contribution < -0.4 is 10.2 Å². The van der Waals surface area contributed by atoms with Crippen molar-refractivity contribution in [2.75, 3.05) is 40.0 Å². The highest BCUT2D eigenvalue weighted by atomic mass is 19.4. The van der Waals surface area contributed by atoms with Gasteiger partial charge in [0.2, 0.25) is 6.41 Å². The number of phenols is 1. The minimum Gasteiger partial charge on any atom is -0.503 e. The second kappa shape index (κ2) is 8.53. The van der Waals surface area contributed by atoms with E-state index in [-0.39, 0.29) is 19.6 Å². The minimum atomic E-state index is -4.97. The van der Waals surface area contributed by atoms with E-state index in [9.17, 15) is 27.9 Å². The maximum absolute atomic E-state index is 13.4. The van der Waals surface area contributed by atoms with Gasteiger partial charge in [-0.3, -0.25) is 24.8 Å². The van der Waals surface area contributed by atoms with Gasteiger partial charge in [-0.15, -0.1) is 0 Å². The number of alkyl halides is 3. The molecule has 0 aromatic heterocycles. The second-order valence-corrected chi connectivity index (χ2v) is 4.63. The highest BCUT2D eigenvalue weighted by Crippen LogP contribution is 2.45. The zero-order valence-corrected chi connectivity index (χ0v) is 13.6.